The maximum absolute atomic E-state index is 13.5. The summed E-state index contributed by atoms with van der Waals surface area (Å²) in [6, 6.07) is 19.5. The molecule has 334 valence electrons. The van der Waals surface area contributed by atoms with Gasteiger partial charge in [-0.25, -0.2) is 14.5 Å². The van der Waals surface area contributed by atoms with E-state index in [0.717, 1.165) is 80.0 Å². The lowest BCUT2D eigenvalue weighted by Gasteiger charge is -2.47. The van der Waals surface area contributed by atoms with Crippen LogP contribution in [0.1, 0.15) is 78.4 Å². The number of morpholine rings is 1. The molecular formula is C46H48F3N9O6. The Hall–Kier alpha value is -6.21. The van der Waals surface area contributed by atoms with Crippen molar-refractivity contribution in [3.8, 4) is 5.69 Å². The molecule has 1 unspecified atom stereocenters. The van der Waals surface area contributed by atoms with Crippen LogP contribution in [0, 0.1) is 0 Å². The molecule has 18 heteroatoms. The van der Waals surface area contributed by atoms with E-state index in [-0.39, 0.29) is 35.7 Å². The number of hydrogen-bond acceptors (Lipinski definition) is 10. The van der Waals surface area contributed by atoms with Crippen LogP contribution in [-0.2, 0) is 46.2 Å². The number of nitrogens with zero attached hydrogens (tertiary/aromatic N) is 7. The monoisotopic (exact) mass is 879 g/mol. The van der Waals surface area contributed by atoms with E-state index in [2.05, 4.69) is 37.6 Å². The Balaban J connectivity index is 0.841. The zero-order chi connectivity index (χ0) is 45.1. The molecule has 6 aromatic rings. The molecule has 3 saturated heterocycles. The Kier molecular flexibility index (Phi) is 11.0. The number of imidazole rings is 1. The van der Waals surface area contributed by atoms with Gasteiger partial charge in [-0.15, -0.1) is 0 Å². The zero-order valence-corrected chi connectivity index (χ0v) is 35.6. The van der Waals surface area contributed by atoms with Crippen LogP contribution < -0.4 is 16.3 Å². The summed E-state index contributed by atoms with van der Waals surface area (Å²) in [5.41, 5.74) is 1.89. The van der Waals surface area contributed by atoms with Gasteiger partial charge in [0, 0.05) is 75.6 Å². The van der Waals surface area contributed by atoms with Crippen LogP contribution >= 0.6 is 0 Å². The van der Waals surface area contributed by atoms with Gasteiger partial charge in [-0.3, -0.25) is 38.6 Å². The molecule has 3 fully saturated rings. The van der Waals surface area contributed by atoms with E-state index < -0.39 is 41.0 Å². The van der Waals surface area contributed by atoms with Crippen LogP contribution in [0.25, 0.3) is 27.6 Å². The first kappa shape index (κ1) is 43.1. The van der Waals surface area contributed by atoms with E-state index in [9.17, 15) is 37.5 Å². The first-order valence-electron chi connectivity index (χ1n) is 21.3. The van der Waals surface area contributed by atoms with Crippen molar-refractivity contribution in [1.82, 2.24) is 39.0 Å². The average molecular weight is 880 g/mol. The number of likely N-dealkylation sites (tertiary alicyclic amines) is 1. The Morgan fingerprint density at radius 3 is 2.44 bits per heavy atom. The lowest BCUT2D eigenvalue weighted by molar-refractivity contribution is -0.141. The SMILES string of the molecule is Cn1c(=O)n(C2CCC(=O)NC2=O)c2cccc(CN3CCOC4(CCN(Cc5ccc(-n6cc7cc(NC(=O)c8cccc(C(F)(F)F)n8)c(C(C)(C)O)cc7n6)cc5)CC4)C3)c21. The number of para-hydroxylation sites is 1. The molecule has 3 aliphatic rings. The fraction of sp³-hybridized carbons (Fsp3) is 0.391. The van der Waals surface area contributed by atoms with E-state index >= 15 is 0 Å². The number of alkyl halides is 3. The van der Waals surface area contributed by atoms with E-state index in [4.69, 9.17) is 9.84 Å². The molecule has 6 heterocycles. The highest BCUT2D eigenvalue weighted by molar-refractivity contribution is 6.04. The minimum Gasteiger partial charge on any atom is -0.386 e. The molecule has 64 heavy (non-hydrogen) atoms. The summed E-state index contributed by atoms with van der Waals surface area (Å²) in [5, 5.41) is 21.4. The molecule has 3 aromatic heterocycles. The largest absolute Gasteiger partial charge is 0.433 e. The Morgan fingerprint density at radius 2 is 1.72 bits per heavy atom. The minimum absolute atomic E-state index is 0.184. The number of piperidine rings is 2. The highest BCUT2D eigenvalue weighted by Gasteiger charge is 2.40. The second-order valence-electron chi connectivity index (χ2n) is 17.6. The molecule has 0 bridgehead atoms. The van der Waals surface area contributed by atoms with Gasteiger partial charge in [0.15, 0.2) is 0 Å². The number of rotatable bonds is 9. The van der Waals surface area contributed by atoms with Gasteiger partial charge in [0.25, 0.3) is 5.91 Å². The molecule has 15 nitrogen and oxygen atoms in total. The lowest BCUT2D eigenvalue weighted by Crippen LogP contribution is -2.56. The number of nitrogens with one attached hydrogen (secondary N) is 2. The molecule has 0 aliphatic carbocycles. The topological polar surface area (TPSA) is 169 Å². The molecule has 0 radical (unpaired) electrons. The molecule has 3 N–H and O–H groups in total. The maximum atomic E-state index is 13.5. The number of aryl methyl sites for hydroxylation is 1. The third-order valence-corrected chi connectivity index (χ3v) is 12.6. The number of carbonyl (C=O) groups is 3. The second-order valence-corrected chi connectivity index (χ2v) is 17.6. The van der Waals surface area contributed by atoms with Crippen molar-refractivity contribution in [3.63, 3.8) is 0 Å². The summed E-state index contributed by atoms with van der Waals surface area (Å²) in [5.74, 6) is -1.63. The number of imide groups is 1. The van der Waals surface area contributed by atoms with Crippen molar-refractivity contribution in [1.29, 1.82) is 0 Å². The van der Waals surface area contributed by atoms with Crippen molar-refractivity contribution < 1.29 is 37.4 Å². The fourth-order valence-corrected chi connectivity index (χ4v) is 9.33. The number of halogens is 3. The Labute approximate surface area is 365 Å². The molecule has 0 saturated carbocycles. The number of pyridine rings is 1. The van der Waals surface area contributed by atoms with Crippen molar-refractivity contribution in [2.24, 2.45) is 7.05 Å². The van der Waals surface area contributed by atoms with Gasteiger partial charge >= 0.3 is 11.9 Å². The Bertz CT molecular complexity index is 2850. The summed E-state index contributed by atoms with van der Waals surface area (Å²) in [4.78, 5) is 59.5. The highest BCUT2D eigenvalue weighted by Crippen LogP contribution is 2.35. The third kappa shape index (κ3) is 8.45. The zero-order valence-electron chi connectivity index (χ0n) is 35.6. The first-order chi connectivity index (χ1) is 30.4. The summed E-state index contributed by atoms with van der Waals surface area (Å²) in [6.45, 7) is 8.27. The van der Waals surface area contributed by atoms with Gasteiger partial charge in [-0.1, -0.05) is 30.3 Å². The van der Waals surface area contributed by atoms with Crippen molar-refractivity contribution in [2.45, 2.75) is 76.0 Å². The summed E-state index contributed by atoms with van der Waals surface area (Å²) < 4.78 is 51.2. The molecule has 3 aliphatic heterocycles. The predicted molar refractivity (Wildman–Crippen MR) is 231 cm³/mol. The first-order valence-corrected chi connectivity index (χ1v) is 21.3. The fourth-order valence-electron chi connectivity index (χ4n) is 9.33. The summed E-state index contributed by atoms with van der Waals surface area (Å²) >= 11 is 0. The van der Waals surface area contributed by atoms with Crippen LogP contribution in [0.4, 0.5) is 18.9 Å². The normalized spacial score (nSPS) is 18.8. The Morgan fingerprint density at radius 1 is 0.969 bits per heavy atom. The van der Waals surface area contributed by atoms with Crippen molar-refractivity contribution in [2.75, 3.05) is 38.1 Å². The molecule has 9 rings (SSSR count). The van der Waals surface area contributed by atoms with Gasteiger partial charge in [-0.05, 0) is 86.7 Å². The van der Waals surface area contributed by atoms with Crippen LogP contribution in [0.15, 0.2) is 83.8 Å². The number of amides is 3. The van der Waals surface area contributed by atoms with Gasteiger partial charge in [0.2, 0.25) is 11.8 Å². The van der Waals surface area contributed by atoms with Gasteiger partial charge in [0.05, 0.1) is 40.0 Å². The number of anilines is 1. The van der Waals surface area contributed by atoms with Gasteiger partial charge in [-0.2, -0.15) is 18.3 Å². The van der Waals surface area contributed by atoms with E-state index in [1.54, 1.807) is 48.5 Å². The van der Waals surface area contributed by atoms with Crippen LogP contribution in [0.2, 0.25) is 0 Å². The quantitative estimate of drug-likeness (QED) is 0.160. The molecule has 3 amide bonds. The number of fused-ring (bicyclic) bond motifs is 2. The molecule has 3 aromatic carbocycles. The number of hydrogen-bond donors (Lipinski definition) is 3. The second kappa shape index (κ2) is 16.4. The highest BCUT2D eigenvalue weighted by atomic mass is 19.4. The van der Waals surface area contributed by atoms with Crippen LogP contribution in [-0.4, -0.2) is 94.9 Å². The molecule has 1 spiro atoms. The number of aromatic nitrogens is 5. The number of aliphatic hydroxyl groups is 1. The number of benzene rings is 3. The minimum atomic E-state index is -4.71. The van der Waals surface area contributed by atoms with E-state index in [1.165, 1.54) is 10.6 Å². The van der Waals surface area contributed by atoms with Crippen molar-refractivity contribution >= 4 is 45.3 Å². The van der Waals surface area contributed by atoms with E-state index in [0.29, 0.717) is 35.1 Å². The lowest BCUT2D eigenvalue weighted by atomic mass is 9.89. The maximum Gasteiger partial charge on any atom is 0.433 e. The van der Waals surface area contributed by atoms with Gasteiger partial charge in [0.1, 0.15) is 17.4 Å². The number of ether oxygens (including phenoxy) is 1. The summed E-state index contributed by atoms with van der Waals surface area (Å²) in [6.07, 6.45) is -0.736. The van der Waals surface area contributed by atoms with Crippen LogP contribution in [0.3, 0.4) is 0 Å². The van der Waals surface area contributed by atoms with Crippen molar-refractivity contribution in [3.05, 3.63) is 118 Å². The van der Waals surface area contributed by atoms with Gasteiger partial charge < -0.3 is 15.2 Å². The average Bonchev–Trinajstić information content (AvgIpc) is 3.79. The summed E-state index contributed by atoms with van der Waals surface area (Å²) in [7, 11) is 1.73. The number of carbonyl (C=O) groups excluding carboxylic acids is 3. The smallest absolute Gasteiger partial charge is 0.386 e. The molecule has 1 atom stereocenters. The predicted octanol–water partition coefficient (Wildman–Crippen LogP) is 5.42. The molecular weight excluding hydrogens is 832 g/mol. The standard InChI is InChI=1S/C46H48F3N9O6/c1-44(2,63)32-23-34-30(22-35(32)51-41(60)33-7-5-9-38(50-33)46(47,48)49)26-57(53-34)31-12-10-28(11-13-31)24-55-18-16-45(17-19-55)27-56(20-21-64-45)25-29-6-4-8-36-40(29)54(3)43(62)58(36)37-14-15-39(59)52-42(37)61/h4-13,22-23,26,37,63H,14-21,24-25,27H2,1-3H3,(H,51,60)(H,52,59,61). The van der Waals surface area contributed by atoms with Crippen LogP contribution in [0.5, 0.6) is 0 Å². The third-order valence-electron chi connectivity index (χ3n) is 12.6. The van der Waals surface area contributed by atoms with E-state index in [1.807, 2.05) is 30.3 Å².